The van der Waals surface area contributed by atoms with E-state index in [1.807, 2.05) is 31.6 Å². The number of aromatic nitrogens is 1. The van der Waals surface area contributed by atoms with Gasteiger partial charge in [0.2, 0.25) is 0 Å². The van der Waals surface area contributed by atoms with Crippen molar-refractivity contribution >= 4 is 39.7 Å². The van der Waals surface area contributed by atoms with Crippen molar-refractivity contribution in [3.63, 3.8) is 0 Å². The van der Waals surface area contributed by atoms with Crippen LogP contribution in [0, 0.1) is 5.82 Å². The number of nitrogens with zero attached hydrogens (tertiary/aromatic N) is 2. The molecule has 0 fully saturated rings. The lowest BCUT2D eigenvalue weighted by molar-refractivity contribution is 0.0942. The Labute approximate surface area is 154 Å². The molecule has 0 spiro atoms. The monoisotopic (exact) mass is 377 g/mol. The molecule has 7 heteroatoms. The average Bonchev–Trinajstić information content (AvgIpc) is 3.08. The van der Waals surface area contributed by atoms with E-state index in [-0.39, 0.29) is 22.7 Å². The Kier molecular flexibility index (Phi) is 5.32. The number of rotatable bonds is 5. The van der Waals surface area contributed by atoms with Gasteiger partial charge in [-0.05, 0) is 43.7 Å². The van der Waals surface area contributed by atoms with E-state index in [4.69, 9.17) is 11.6 Å². The van der Waals surface area contributed by atoms with Crippen LogP contribution < -0.4 is 5.32 Å². The van der Waals surface area contributed by atoms with Gasteiger partial charge in [-0.1, -0.05) is 17.7 Å². The average molecular weight is 378 g/mol. The molecule has 0 saturated heterocycles. The number of fused-ring (bicyclic) bond motifs is 1. The van der Waals surface area contributed by atoms with Crippen LogP contribution in [0.1, 0.15) is 21.3 Å². The fourth-order valence-corrected chi connectivity index (χ4v) is 3.73. The zero-order valence-corrected chi connectivity index (χ0v) is 15.4. The minimum absolute atomic E-state index is 0.0631. The van der Waals surface area contributed by atoms with Gasteiger partial charge >= 0.3 is 0 Å². The fraction of sp³-hybridized carbons (Fsp3) is 0.222. The number of benzene rings is 1. The lowest BCUT2D eigenvalue weighted by Crippen LogP contribution is -2.34. The summed E-state index contributed by atoms with van der Waals surface area (Å²) in [6.07, 6.45) is 0. The number of amides is 1. The molecule has 3 rings (SSSR count). The smallest absolute Gasteiger partial charge is 0.254 e. The predicted molar refractivity (Wildman–Crippen MR) is 99.8 cm³/mol. The minimum atomic E-state index is -0.391. The molecule has 2 heterocycles. The quantitative estimate of drug-likeness (QED) is 0.680. The Bertz CT molecular complexity index is 899. The number of thiophene rings is 1. The van der Waals surface area contributed by atoms with E-state index >= 15 is 0 Å². The Morgan fingerprint density at radius 2 is 2.16 bits per heavy atom. The summed E-state index contributed by atoms with van der Waals surface area (Å²) >= 11 is 7.77. The molecule has 0 saturated carbocycles. The first-order valence-corrected chi connectivity index (χ1v) is 8.95. The summed E-state index contributed by atoms with van der Waals surface area (Å²) < 4.78 is 13.3. The molecule has 25 heavy (non-hydrogen) atoms. The number of hydrogen-bond donors (Lipinski definition) is 1. The molecule has 1 aromatic carbocycles. The van der Waals surface area contributed by atoms with Crippen LogP contribution in [0.15, 0.2) is 41.8 Å². The van der Waals surface area contributed by atoms with Gasteiger partial charge in [0.1, 0.15) is 11.0 Å². The number of likely N-dealkylation sites (N-methyl/N-ethyl adjacent to an activating group) is 1. The first kappa shape index (κ1) is 17.8. The fourth-order valence-electron chi connectivity index (χ4n) is 2.58. The largest absolute Gasteiger partial charge is 0.350 e. The topological polar surface area (TPSA) is 45.2 Å². The molecule has 1 unspecified atom stereocenters. The summed E-state index contributed by atoms with van der Waals surface area (Å²) in [5, 5.41) is 5.65. The third-order valence-corrected chi connectivity index (χ3v) is 5.19. The molecule has 1 N–H and O–H groups in total. The molecule has 0 aliphatic carbocycles. The highest BCUT2D eigenvalue weighted by molar-refractivity contribution is 7.10. The second-order valence-electron chi connectivity index (χ2n) is 5.87. The summed E-state index contributed by atoms with van der Waals surface area (Å²) in [6, 6.07) is 9.95. The van der Waals surface area contributed by atoms with Crippen molar-refractivity contribution in [3.8, 4) is 0 Å². The molecule has 4 nitrogen and oxygen atoms in total. The molecular weight excluding hydrogens is 361 g/mol. The Hall–Kier alpha value is -2.02. The predicted octanol–water partition coefficient (Wildman–Crippen LogP) is 4.12. The van der Waals surface area contributed by atoms with E-state index in [0.29, 0.717) is 17.4 Å². The van der Waals surface area contributed by atoms with Gasteiger partial charge in [0, 0.05) is 22.9 Å². The van der Waals surface area contributed by atoms with Crippen molar-refractivity contribution in [1.82, 2.24) is 15.2 Å². The van der Waals surface area contributed by atoms with E-state index in [9.17, 15) is 9.18 Å². The van der Waals surface area contributed by atoms with Crippen LogP contribution in [0.4, 0.5) is 4.39 Å². The van der Waals surface area contributed by atoms with E-state index in [0.717, 1.165) is 0 Å². The number of nitrogens with one attached hydrogen (secondary N) is 1. The van der Waals surface area contributed by atoms with Crippen LogP contribution in [0.3, 0.4) is 0 Å². The number of pyridine rings is 1. The van der Waals surface area contributed by atoms with Gasteiger partial charge in [0.15, 0.2) is 0 Å². The zero-order valence-electron chi connectivity index (χ0n) is 13.8. The van der Waals surface area contributed by atoms with Crippen molar-refractivity contribution in [3.05, 3.63) is 63.2 Å². The van der Waals surface area contributed by atoms with Crippen LogP contribution >= 0.6 is 22.9 Å². The number of carbonyl (C=O) groups excluding carboxylic acids is 1. The van der Waals surface area contributed by atoms with E-state index in [1.54, 1.807) is 23.5 Å². The van der Waals surface area contributed by atoms with Gasteiger partial charge in [-0.3, -0.25) is 4.79 Å². The molecular formula is C18H17ClFN3OS. The highest BCUT2D eigenvalue weighted by atomic mass is 35.5. The minimum Gasteiger partial charge on any atom is -0.350 e. The van der Waals surface area contributed by atoms with Crippen molar-refractivity contribution in [2.24, 2.45) is 0 Å². The summed E-state index contributed by atoms with van der Waals surface area (Å²) in [6.45, 7) is 0.449. The van der Waals surface area contributed by atoms with E-state index < -0.39 is 5.82 Å². The lowest BCUT2D eigenvalue weighted by atomic mass is 10.1. The van der Waals surface area contributed by atoms with Crippen LogP contribution in [-0.2, 0) is 0 Å². The van der Waals surface area contributed by atoms with E-state index in [2.05, 4.69) is 15.2 Å². The molecule has 130 valence electrons. The van der Waals surface area contributed by atoms with Crippen molar-refractivity contribution in [1.29, 1.82) is 0 Å². The molecule has 0 aliphatic heterocycles. The first-order valence-electron chi connectivity index (χ1n) is 7.69. The molecule has 1 atom stereocenters. The summed E-state index contributed by atoms with van der Waals surface area (Å²) in [4.78, 5) is 19.9. The number of hydrogen-bond acceptors (Lipinski definition) is 4. The highest BCUT2D eigenvalue weighted by Gasteiger charge is 2.19. The zero-order chi connectivity index (χ0) is 18.0. The number of halogens is 2. The molecule has 0 bridgehead atoms. The van der Waals surface area contributed by atoms with E-state index in [1.165, 1.54) is 17.0 Å². The molecule has 0 radical (unpaired) electrons. The van der Waals surface area contributed by atoms with Crippen molar-refractivity contribution in [2.45, 2.75) is 6.04 Å². The van der Waals surface area contributed by atoms with Crippen molar-refractivity contribution < 1.29 is 9.18 Å². The van der Waals surface area contributed by atoms with Gasteiger partial charge < -0.3 is 10.2 Å². The van der Waals surface area contributed by atoms with Gasteiger partial charge in [0.05, 0.1) is 17.1 Å². The Morgan fingerprint density at radius 3 is 2.84 bits per heavy atom. The second-order valence-corrected chi connectivity index (χ2v) is 7.21. The summed E-state index contributed by atoms with van der Waals surface area (Å²) in [7, 11) is 3.94. The highest BCUT2D eigenvalue weighted by Crippen LogP contribution is 2.24. The van der Waals surface area contributed by atoms with Crippen LogP contribution in [-0.4, -0.2) is 36.4 Å². The van der Waals surface area contributed by atoms with Gasteiger partial charge in [-0.15, -0.1) is 11.3 Å². The second kappa shape index (κ2) is 7.47. The van der Waals surface area contributed by atoms with Gasteiger partial charge in [0.25, 0.3) is 5.91 Å². The Balaban J connectivity index is 1.80. The lowest BCUT2D eigenvalue weighted by Gasteiger charge is -2.23. The molecule has 0 aliphatic rings. The Morgan fingerprint density at radius 1 is 1.36 bits per heavy atom. The maximum atomic E-state index is 13.3. The third-order valence-electron chi connectivity index (χ3n) is 3.93. The third kappa shape index (κ3) is 3.98. The van der Waals surface area contributed by atoms with Gasteiger partial charge in [-0.2, -0.15) is 0 Å². The molecule has 2 aromatic heterocycles. The SMILES string of the molecule is CN(C)C(CNC(=O)c1cc2ccc(F)cc2nc1Cl)c1cccs1. The maximum absolute atomic E-state index is 13.3. The summed E-state index contributed by atoms with van der Waals surface area (Å²) in [5.74, 6) is -0.690. The van der Waals surface area contributed by atoms with Crippen LogP contribution in [0.25, 0.3) is 10.9 Å². The standard InChI is InChI=1S/C18H17ClFN3OS/c1-23(2)15(16-4-3-7-25-16)10-21-18(24)13-8-11-5-6-12(20)9-14(11)22-17(13)19/h3-9,15H,10H2,1-2H3,(H,21,24). The molecule has 3 aromatic rings. The maximum Gasteiger partial charge on any atom is 0.254 e. The first-order chi connectivity index (χ1) is 12.0. The van der Waals surface area contributed by atoms with Crippen molar-refractivity contribution in [2.75, 3.05) is 20.6 Å². The van der Waals surface area contributed by atoms with Crippen LogP contribution in [0.5, 0.6) is 0 Å². The van der Waals surface area contributed by atoms with Crippen LogP contribution in [0.2, 0.25) is 5.15 Å². The number of carbonyl (C=O) groups is 1. The normalized spacial score (nSPS) is 12.5. The molecule has 1 amide bonds. The summed E-state index contributed by atoms with van der Waals surface area (Å²) in [5.41, 5.74) is 0.704. The van der Waals surface area contributed by atoms with Gasteiger partial charge in [-0.25, -0.2) is 9.37 Å².